The Bertz CT molecular complexity index is 613. The molecule has 1 amide bonds. The van der Waals surface area contributed by atoms with Crippen LogP contribution in [0.15, 0.2) is 5.51 Å². The first-order chi connectivity index (χ1) is 10.4. The fourth-order valence-corrected chi connectivity index (χ4v) is 5.14. The predicted octanol–water partition coefficient (Wildman–Crippen LogP) is 0.619. The molecule has 0 aliphatic carbocycles. The zero-order valence-corrected chi connectivity index (χ0v) is 14.7. The van der Waals surface area contributed by atoms with Gasteiger partial charge in [0.05, 0.1) is 22.7 Å². The second-order valence-corrected chi connectivity index (χ2v) is 8.92. The topological polar surface area (TPSA) is 79.4 Å². The highest BCUT2D eigenvalue weighted by Gasteiger charge is 2.30. The first kappa shape index (κ1) is 17.4. The van der Waals surface area contributed by atoms with Crippen LogP contribution in [0.25, 0.3) is 0 Å². The van der Waals surface area contributed by atoms with Crippen molar-refractivity contribution >= 4 is 27.1 Å². The van der Waals surface area contributed by atoms with E-state index < -0.39 is 9.84 Å². The van der Waals surface area contributed by atoms with Crippen molar-refractivity contribution in [2.24, 2.45) is 0 Å². The molecule has 1 N–H and O–H groups in total. The van der Waals surface area contributed by atoms with Gasteiger partial charge in [0.25, 0.3) is 0 Å². The van der Waals surface area contributed by atoms with Gasteiger partial charge in [-0.2, -0.15) is 0 Å². The van der Waals surface area contributed by atoms with Crippen LogP contribution in [0.3, 0.4) is 0 Å². The van der Waals surface area contributed by atoms with Gasteiger partial charge in [-0.15, -0.1) is 11.3 Å². The van der Waals surface area contributed by atoms with Crippen molar-refractivity contribution in [2.45, 2.75) is 32.2 Å². The third-order valence-electron chi connectivity index (χ3n) is 4.04. The highest BCUT2D eigenvalue weighted by Crippen LogP contribution is 2.16. The van der Waals surface area contributed by atoms with Crippen LogP contribution in [-0.2, 0) is 21.1 Å². The highest BCUT2D eigenvalue weighted by atomic mass is 32.2. The Balaban J connectivity index is 1.64. The van der Waals surface area contributed by atoms with Gasteiger partial charge < -0.3 is 10.2 Å². The maximum absolute atomic E-state index is 11.8. The van der Waals surface area contributed by atoms with Gasteiger partial charge in [-0.25, -0.2) is 13.4 Å². The quantitative estimate of drug-likeness (QED) is 0.784. The van der Waals surface area contributed by atoms with Crippen LogP contribution >= 0.6 is 11.3 Å². The van der Waals surface area contributed by atoms with Crippen molar-refractivity contribution in [3.63, 3.8) is 0 Å². The Hall–Kier alpha value is -0.990. The molecule has 1 aromatic rings. The largest absolute Gasteiger partial charge is 0.356 e. The molecule has 0 unspecified atom stereocenters. The molecule has 1 aliphatic rings. The van der Waals surface area contributed by atoms with E-state index in [1.807, 2.05) is 24.4 Å². The number of amides is 1. The maximum Gasteiger partial charge on any atom is 0.221 e. The number of nitrogens with one attached hydrogen (secondary N) is 1. The van der Waals surface area contributed by atoms with E-state index in [-0.39, 0.29) is 23.5 Å². The zero-order chi connectivity index (χ0) is 16.2. The SMILES string of the molecule is Cc1ncsc1CCNC(=O)CCN(C)[C@H]1CCS(=O)(=O)C1. The zero-order valence-electron chi connectivity index (χ0n) is 13.0. The van der Waals surface area contributed by atoms with Gasteiger partial charge in [-0.05, 0) is 20.4 Å². The first-order valence-electron chi connectivity index (χ1n) is 7.44. The minimum Gasteiger partial charge on any atom is -0.356 e. The third-order valence-corrected chi connectivity index (χ3v) is 6.79. The molecule has 0 spiro atoms. The standard InChI is InChI=1S/C14H23N3O3S2/c1-11-13(21-10-16-11)3-6-15-14(18)4-7-17(2)12-5-8-22(19,20)9-12/h10,12H,3-9H2,1-2H3,(H,15,18)/t12-/m0/s1. The van der Waals surface area contributed by atoms with Crippen molar-refractivity contribution in [1.29, 1.82) is 0 Å². The molecule has 0 radical (unpaired) electrons. The Morgan fingerprint density at radius 1 is 1.55 bits per heavy atom. The minimum atomic E-state index is -2.87. The number of aryl methyl sites for hydroxylation is 1. The molecule has 0 bridgehead atoms. The number of carbonyl (C=O) groups excluding carboxylic acids is 1. The van der Waals surface area contributed by atoms with Crippen molar-refractivity contribution in [1.82, 2.24) is 15.2 Å². The van der Waals surface area contributed by atoms with Gasteiger partial charge in [-0.1, -0.05) is 0 Å². The Kier molecular flexibility index (Phi) is 5.94. The van der Waals surface area contributed by atoms with Crippen LogP contribution in [0.2, 0.25) is 0 Å². The molecule has 124 valence electrons. The summed E-state index contributed by atoms with van der Waals surface area (Å²) in [5.41, 5.74) is 2.85. The van der Waals surface area contributed by atoms with E-state index in [2.05, 4.69) is 10.3 Å². The van der Waals surface area contributed by atoms with Crippen molar-refractivity contribution < 1.29 is 13.2 Å². The summed E-state index contributed by atoms with van der Waals surface area (Å²) >= 11 is 1.61. The van der Waals surface area contributed by atoms with E-state index in [0.717, 1.165) is 12.1 Å². The van der Waals surface area contributed by atoms with E-state index in [0.29, 0.717) is 25.9 Å². The second kappa shape index (κ2) is 7.52. The molecule has 1 saturated heterocycles. The molecule has 1 atom stereocenters. The molecule has 0 saturated carbocycles. The fraction of sp³-hybridized carbons (Fsp3) is 0.714. The first-order valence-corrected chi connectivity index (χ1v) is 10.1. The van der Waals surface area contributed by atoms with Gasteiger partial charge in [0, 0.05) is 36.9 Å². The maximum atomic E-state index is 11.8. The number of nitrogens with zero attached hydrogens (tertiary/aromatic N) is 2. The van der Waals surface area contributed by atoms with Gasteiger partial charge in [-0.3, -0.25) is 4.79 Å². The molecular weight excluding hydrogens is 322 g/mol. The average Bonchev–Trinajstić information content (AvgIpc) is 3.02. The molecular formula is C14H23N3O3S2. The smallest absolute Gasteiger partial charge is 0.221 e. The summed E-state index contributed by atoms with van der Waals surface area (Å²) in [6.07, 6.45) is 1.87. The number of hydrogen-bond acceptors (Lipinski definition) is 6. The summed E-state index contributed by atoms with van der Waals surface area (Å²) in [6, 6.07) is 0.0534. The lowest BCUT2D eigenvalue weighted by atomic mass is 10.2. The molecule has 2 rings (SSSR count). The van der Waals surface area contributed by atoms with Crippen molar-refractivity contribution in [3.05, 3.63) is 16.1 Å². The number of aromatic nitrogens is 1. The summed E-state index contributed by atoms with van der Waals surface area (Å²) in [5, 5.41) is 2.91. The van der Waals surface area contributed by atoms with Crippen LogP contribution in [0, 0.1) is 6.92 Å². The molecule has 1 fully saturated rings. The monoisotopic (exact) mass is 345 g/mol. The third kappa shape index (κ3) is 5.03. The predicted molar refractivity (Wildman–Crippen MR) is 87.9 cm³/mol. The van der Waals surface area contributed by atoms with E-state index in [4.69, 9.17) is 0 Å². The average molecular weight is 345 g/mol. The summed E-state index contributed by atoms with van der Waals surface area (Å²) in [4.78, 5) is 19.2. The number of carbonyl (C=O) groups is 1. The molecule has 8 heteroatoms. The van der Waals surface area contributed by atoms with E-state index in [1.165, 1.54) is 4.88 Å². The van der Waals surface area contributed by atoms with Crippen LogP contribution < -0.4 is 5.32 Å². The molecule has 2 heterocycles. The Labute approximate surface area is 135 Å². The van der Waals surface area contributed by atoms with E-state index in [1.54, 1.807) is 11.3 Å². The number of rotatable bonds is 7. The van der Waals surface area contributed by atoms with Gasteiger partial charge >= 0.3 is 0 Å². The lowest BCUT2D eigenvalue weighted by Gasteiger charge is -2.22. The highest BCUT2D eigenvalue weighted by molar-refractivity contribution is 7.91. The minimum absolute atomic E-state index is 0.00914. The van der Waals surface area contributed by atoms with Gasteiger partial charge in [0.1, 0.15) is 0 Å². The van der Waals surface area contributed by atoms with Gasteiger partial charge in [0.2, 0.25) is 5.91 Å². The summed E-state index contributed by atoms with van der Waals surface area (Å²) in [7, 11) is -0.981. The molecule has 1 aromatic heterocycles. The number of sulfone groups is 1. The second-order valence-electron chi connectivity index (χ2n) is 5.75. The molecule has 6 nitrogen and oxygen atoms in total. The number of thiazole rings is 1. The van der Waals surface area contributed by atoms with Crippen LogP contribution in [0.1, 0.15) is 23.4 Å². The summed E-state index contributed by atoms with van der Waals surface area (Å²) in [5.74, 6) is 0.493. The molecule has 0 aromatic carbocycles. The van der Waals surface area contributed by atoms with Crippen LogP contribution in [0.5, 0.6) is 0 Å². The van der Waals surface area contributed by atoms with Crippen LogP contribution in [-0.4, -0.2) is 61.9 Å². The van der Waals surface area contributed by atoms with Crippen molar-refractivity contribution in [3.8, 4) is 0 Å². The summed E-state index contributed by atoms with van der Waals surface area (Å²) in [6.45, 7) is 3.17. The molecule has 1 aliphatic heterocycles. The Morgan fingerprint density at radius 2 is 2.32 bits per heavy atom. The fourth-order valence-electron chi connectivity index (χ4n) is 2.55. The normalized spacial score (nSPS) is 20.4. The summed E-state index contributed by atoms with van der Waals surface area (Å²) < 4.78 is 22.9. The number of hydrogen-bond donors (Lipinski definition) is 1. The van der Waals surface area contributed by atoms with E-state index >= 15 is 0 Å². The lowest BCUT2D eigenvalue weighted by Crippen LogP contribution is -2.36. The van der Waals surface area contributed by atoms with Crippen molar-refractivity contribution in [2.75, 3.05) is 31.6 Å². The molecule has 22 heavy (non-hydrogen) atoms. The lowest BCUT2D eigenvalue weighted by molar-refractivity contribution is -0.121. The van der Waals surface area contributed by atoms with E-state index in [9.17, 15) is 13.2 Å². The van der Waals surface area contributed by atoms with Crippen LogP contribution in [0.4, 0.5) is 0 Å². The van der Waals surface area contributed by atoms with Gasteiger partial charge in [0.15, 0.2) is 9.84 Å². The Morgan fingerprint density at radius 3 is 2.91 bits per heavy atom.